The monoisotopic (exact) mass is 381 g/mol. The number of anilines is 1. The molecular formula is C21H23N3O2S. The lowest BCUT2D eigenvalue weighted by atomic mass is 10.0. The van der Waals surface area contributed by atoms with E-state index in [-0.39, 0.29) is 5.91 Å². The maximum Gasteiger partial charge on any atom is 0.266 e. The molecule has 0 spiro atoms. The summed E-state index contributed by atoms with van der Waals surface area (Å²) < 4.78 is 5.89. The van der Waals surface area contributed by atoms with Crippen LogP contribution < -0.4 is 10.1 Å². The molecule has 1 heterocycles. The van der Waals surface area contributed by atoms with Gasteiger partial charge in [0.05, 0.1) is 0 Å². The molecule has 3 rings (SSSR count). The summed E-state index contributed by atoms with van der Waals surface area (Å²) in [6.07, 6.45) is -0.642. The van der Waals surface area contributed by atoms with E-state index in [2.05, 4.69) is 29.4 Å². The standard InChI is InChI=1S/C21H23N3O2S/c1-13(2)17-7-5-6-8-18(17)26-15(4)19(25)22-21-24-23-20(27-21)16-11-9-14(3)10-12-16/h5-13,15H,1-4H3,(H,22,24,25)/t15-/m0/s1. The average Bonchev–Trinajstić information content (AvgIpc) is 3.11. The number of carbonyl (C=O) groups is 1. The number of benzene rings is 2. The zero-order valence-electron chi connectivity index (χ0n) is 15.9. The van der Waals surface area contributed by atoms with Gasteiger partial charge in [-0.2, -0.15) is 0 Å². The third-order valence-corrected chi connectivity index (χ3v) is 5.06. The highest BCUT2D eigenvalue weighted by atomic mass is 32.1. The number of rotatable bonds is 6. The van der Waals surface area contributed by atoms with Crippen molar-refractivity contribution < 1.29 is 9.53 Å². The second-order valence-corrected chi connectivity index (χ2v) is 7.70. The molecule has 1 amide bonds. The molecule has 6 heteroatoms. The number of hydrogen-bond donors (Lipinski definition) is 1. The number of carbonyl (C=O) groups excluding carboxylic acids is 1. The van der Waals surface area contributed by atoms with Crippen LogP contribution in [0.4, 0.5) is 5.13 Å². The molecule has 0 aliphatic carbocycles. The highest BCUT2D eigenvalue weighted by molar-refractivity contribution is 7.18. The maximum absolute atomic E-state index is 12.5. The number of aromatic nitrogens is 2. The molecule has 140 valence electrons. The summed E-state index contributed by atoms with van der Waals surface area (Å²) in [5, 5.41) is 12.3. The number of nitrogens with zero attached hydrogens (tertiary/aromatic N) is 2. The fourth-order valence-electron chi connectivity index (χ4n) is 2.60. The summed E-state index contributed by atoms with van der Waals surface area (Å²) in [5.41, 5.74) is 3.24. The maximum atomic E-state index is 12.5. The number of para-hydroxylation sites is 1. The molecule has 2 aromatic carbocycles. The number of amides is 1. The highest BCUT2D eigenvalue weighted by Gasteiger charge is 2.19. The molecule has 0 aliphatic heterocycles. The van der Waals surface area contributed by atoms with Gasteiger partial charge < -0.3 is 4.74 Å². The van der Waals surface area contributed by atoms with E-state index in [4.69, 9.17) is 4.74 Å². The third-order valence-electron chi connectivity index (χ3n) is 4.17. The minimum atomic E-state index is -0.642. The van der Waals surface area contributed by atoms with Gasteiger partial charge in [0.15, 0.2) is 6.10 Å². The van der Waals surface area contributed by atoms with Crippen LogP contribution in [0.3, 0.4) is 0 Å². The Morgan fingerprint density at radius 3 is 2.44 bits per heavy atom. The molecule has 5 nitrogen and oxygen atoms in total. The molecule has 1 aromatic heterocycles. The van der Waals surface area contributed by atoms with Crippen LogP contribution in [0.5, 0.6) is 5.75 Å². The summed E-state index contributed by atoms with van der Waals surface area (Å²) in [6.45, 7) is 7.96. The molecule has 0 fully saturated rings. The fraction of sp³-hybridized carbons (Fsp3) is 0.286. The van der Waals surface area contributed by atoms with Gasteiger partial charge in [-0.05, 0) is 31.4 Å². The number of aryl methyl sites for hydroxylation is 1. The summed E-state index contributed by atoms with van der Waals surface area (Å²) in [4.78, 5) is 12.5. The van der Waals surface area contributed by atoms with Gasteiger partial charge in [0.25, 0.3) is 5.91 Å². The van der Waals surface area contributed by atoms with Crippen molar-refractivity contribution in [2.45, 2.75) is 39.7 Å². The molecule has 1 N–H and O–H groups in total. The first-order valence-electron chi connectivity index (χ1n) is 8.91. The summed E-state index contributed by atoms with van der Waals surface area (Å²) in [5.74, 6) is 0.796. The molecule has 0 aliphatic rings. The third kappa shape index (κ3) is 4.71. The van der Waals surface area contributed by atoms with Gasteiger partial charge in [0.1, 0.15) is 10.8 Å². The van der Waals surface area contributed by atoms with Crippen LogP contribution in [0, 0.1) is 6.92 Å². The lowest BCUT2D eigenvalue weighted by Crippen LogP contribution is -2.30. The molecule has 1 atom stereocenters. The largest absolute Gasteiger partial charge is 0.481 e. The highest BCUT2D eigenvalue weighted by Crippen LogP contribution is 2.28. The first-order chi connectivity index (χ1) is 12.9. The number of nitrogens with one attached hydrogen (secondary N) is 1. The second kappa shape index (κ2) is 8.31. The molecule has 27 heavy (non-hydrogen) atoms. The van der Waals surface area contributed by atoms with Crippen molar-refractivity contribution in [2.24, 2.45) is 0 Å². The van der Waals surface area contributed by atoms with Gasteiger partial charge in [-0.1, -0.05) is 73.2 Å². The van der Waals surface area contributed by atoms with Crippen LogP contribution in [-0.2, 0) is 4.79 Å². The predicted octanol–water partition coefficient (Wildman–Crippen LogP) is 5.04. The summed E-state index contributed by atoms with van der Waals surface area (Å²) >= 11 is 1.34. The van der Waals surface area contributed by atoms with Gasteiger partial charge in [-0.25, -0.2) is 0 Å². The van der Waals surface area contributed by atoms with Crippen molar-refractivity contribution in [2.75, 3.05) is 5.32 Å². The Morgan fingerprint density at radius 1 is 1.04 bits per heavy atom. The van der Waals surface area contributed by atoms with Crippen molar-refractivity contribution in [3.05, 3.63) is 59.7 Å². The first-order valence-corrected chi connectivity index (χ1v) is 9.72. The van der Waals surface area contributed by atoms with Crippen LogP contribution in [0.15, 0.2) is 48.5 Å². The van der Waals surface area contributed by atoms with Gasteiger partial charge in [0.2, 0.25) is 5.13 Å². The van der Waals surface area contributed by atoms with E-state index in [1.54, 1.807) is 6.92 Å². The fourth-order valence-corrected chi connectivity index (χ4v) is 3.35. The quantitative estimate of drug-likeness (QED) is 0.649. The predicted molar refractivity (Wildman–Crippen MR) is 109 cm³/mol. The molecule has 0 bridgehead atoms. The molecule has 0 radical (unpaired) electrons. The van der Waals surface area contributed by atoms with E-state index in [9.17, 15) is 4.79 Å². The minimum absolute atomic E-state index is 0.250. The molecule has 0 saturated carbocycles. The minimum Gasteiger partial charge on any atom is -0.481 e. The van der Waals surface area contributed by atoms with Gasteiger partial charge in [0, 0.05) is 5.56 Å². The average molecular weight is 382 g/mol. The van der Waals surface area contributed by atoms with Crippen LogP contribution in [0.1, 0.15) is 37.8 Å². The van der Waals surface area contributed by atoms with Crippen LogP contribution in [0.25, 0.3) is 10.6 Å². The van der Waals surface area contributed by atoms with Crippen molar-refractivity contribution in [1.82, 2.24) is 10.2 Å². The topological polar surface area (TPSA) is 64.1 Å². The Kier molecular flexibility index (Phi) is 5.86. The lowest BCUT2D eigenvalue weighted by molar-refractivity contribution is -0.122. The zero-order chi connectivity index (χ0) is 19.4. The summed E-state index contributed by atoms with van der Waals surface area (Å²) in [6, 6.07) is 15.8. The number of ether oxygens (including phenoxy) is 1. The van der Waals surface area contributed by atoms with E-state index in [1.165, 1.54) is 16.9 Å². The van der Waals surface area contributed by atoms with Gasteiger partial charge >= 0.3 is 0 Å². The SMILES string of the molecule is Cc1ccc(-c2nnc(NC(=O)[C@H](C)Oc3ccccc3C(C)C)s2)cc1. The second-order valence-electron chi connectivity index (χ2n) is 6.72. The van der Waals surface area contributed by atoms with Crippen LogP contribution >= 0.6 is 11.3 Å². The molecule has 0 saturated heterocycles. The Labute approximate surface area is 163 Å². The smallest absolute Gasteiger partial charge is 0.266 e. The Bertz CT molecular complexity index is 919. The zero-order valence-corrected chi connectivity index (χ0v) is 16.7. The molecule has 3 aromatic rings. The van der Waals surface area contributed by atoms with Crippen molar-refractivity contribution in [1.29, 1.82) is 0 Å². The van der Waals surface area contributed by atoms with E-state index < -0.39 is 6.10 Å². The van der Waals surface area contributed by atoms with E-state index in [0.29, 0.717) is 11.0 Å². The van der Waals surface area contributed by atoms with Crippen molar-refractivity contribution in [3.63, 3.8) is 0 Å². The van der Waals surface area contributed by atoms with Crippen LogP contribution in [0.2, 0.25) is 0 Å². The Morgan fingerprint density at radius 2 is 1.74 bits per heavy atom. The lowest BCUT2D eigenvalue weighted by Gasteiger charge is -2.18. The Hall–Kier alpha value is -2.73. The van der Waals surface area contributed by atoms with Crippen molar-refractivity contribution in [3.8, 4) is 16.3 Å². The van der Waals surface area contributed by atoms with Gasteiger partial charge in [-0.3, -0.25) is 10.1 Å². The molecular weight excluding hydrogens is 358 g/mol. The van der Waals surface area contributed by atoms with Crippen molar-refractivity contribution >= 4 is 22.4 Å². The molecule has 0 unspecified atom stereocenters. The van der Waals surface area contributed by atoms with Crippen LogP contribution in [-0.4, -0.2) is 22.2 Å². The van der Waals surface area contributed by atoms with E-state index in [0.717, 1.165) is 21.9 Å². The van der Waals surface area contributed by atoms with Gasteiger partial charge in [-0.15, -0.1) is 10.2 Å². The van der Waals surface area contributed by atoms with E-state index >= 15 is 0 Å². The number of hydrogen-bond acceptors (Lipinski definition) is 5. The normalized spacial score (nSPS) is 12.0. The summed E-state index contributed by atoms with van der Waals surface area (Å²) in [7, 11) is 0. The van der Waals surface area contributed by atoms with E-state index in [1.807, 2.05) is 55.5 Å². The Balaban J connectivity index is 1.66. The first kappa shape index (κ1) is 19.0.